The molecule has 0 aromatic carbocycles. The monoisotopic (exact) mass is 417 g/mol. The zero-order chi connectivity index (χ0) is 20.7. The molecule has 0 saturated carbocycles. The number of phosphoric acid groups is 1. The summed E-state index contributed by atoms with van der Waals surface area (Å²) in [6, 6.07) is 0. The predicted molar refractivity (Wildman–Crippen MR) is 97.2 cm³/mol. The van der Waals surface area contributed by atoms with Gasteiger partial charge in [-0.1, -0.05) is 6.92 Å². The van der Waals surface area contributed by atoms with Crippen LogP contribution < -0.4 is 5.32 Å². The maximum Gasteiger partial charge on any atom is 0.470 e. The molecular weight excluding hydrogens is 393 g/mol. The van der Waals surface area contributed by atoms with Gasteiger partial charge in [0, 0.05) is 13.5 Å². The molecule has 1 unspecified atom stereocenters. The van der Waals surface area contributed by atoms with Crippen LogP contribution >= 0.6 is 7.82 Å². The Morgan fingerprint density at radius 3 is 2.64 bits per heavy atom. The van der Waals surface area contributed by atoms with Gasteiger partial charge in [-0.05, 0) is 13.3 Å². The number of aromatic nitrogens is 4. The Hall–Kier alpha value is -1.66. The van der Waals surface area contributed by atoms with E-state index in [9.17, 15) is 14.8 Å². The van der Waals surface area contributed by atoms with Crippen LogP contribution in [-0.4, -0.2) is 70.5 Å². The highest BCUT2D eigenvalue weighted by Crippen LogP contribution is 2.46. The van der Waals surface area contributed by atoms with E-state index >= 15 is 0 Å². The number of hydrogen-bond acceptors (Lipinski definition) is 9. The van der Waals surface area contributed by atoms with Crippen molar-refractivity contribution in [1.29, 1.82) is 0 Å². The van der Waals surface area contributed by atoms with Crippen LogP contribution in [0.5, 0.6) is 0 Å². The summed E-state index contributed by atoms with van der Waals surface area (Å²) in [6.45, 7) is 3.21. The summed E-state index contributed by atoms with van der Waals surface area (Å²) >= 11 is 0. The molecule has 28 heavy (non-hydrogen) atoms. The molecule has 1 fully saturated rings. The van der Waals surface area contributed by atoms with E-state index in [1.54, 1.807) is 14.0 Å². The molecule has 0 radical (unpaired) electrons. The van der Waals surface area contributed by atoms with Gasteiger partial charge < -0.3 is 30.1 Å². The molecule has 13 heteroatoms. The average molecular weight is 417 g/mol. The van der Waals surface area contributed by atoms with E-state index in [0.29, 0.717) is 17.0 Å². The fraction of sp³-hybridized carbons (Fsp3) is 0.667. The number of fused-ring (bicyclic) bond motifs is 1. The van der Waals surface area contributed by atoms with E-state index < -0.39 is 38.0 Å². The first kappa shape index (κ1) is 21.1. The van der Waals surface area contributed by atoms with E-state index in [4.69, 9.17) is 19.0 Å². The first-order valence-electron chi connectivity index (χ1n) is 8.71. The van der Waals surface area contributed by atoms with Gasteiger partial charge in [0.1, 0.15) is 24.1 Å². The number of phosphoric ester groups is 1. The topological polar surface area (TPSA) is 172 Å². The molecule has 12 nitrogen and oxygen atoms in total. The van der Waals surface area contributed by atoms with E-state index in [-0.39, 0.29) is 12.8 Å². The Morgan fingerprint density at radius 2 is 2.04 bits per heavy atom. The zero-order valence-electron chi connectivity index (χ0n) is 15.6. The number of nitrogens with zero attached hydrogens (tertiary/aromatic N) is 4. The van der Waals surface area contributed by atoms with Crippen LogP contribution in [0, 0.1) is 0 Å². The summed E-state index contributed by atoms with van der Waals surface area (Å²) in [4.78, 5) is 30.8. The van der Waals surface area contributed by atoms with Crippen LogP contribution in [0.1, 0.15) is 32.9 Å². The van der Waals surface area contributed by atoms with Gasteiger partial charge in [-0.3, -0.25) is 9.09 Å². The molecule has 5 N–H and O–H groups in total. The molecule has 1 saturated heterocycles. The maximum atomic E-state index is 11.3. The molecule has 0 spiro atoms. The number of aliphatic hydroxyl groups is 2. The molecule has 3 rings (SSSR count). The van der Waals surface area contributed by atoms with Crippen molar-refractivity contribution in [1.82, 2.24) is 19.5 Å². The first-order valence-corrected chi connectivity index (χ1v) is 10.2. The molecule has 2 aromatic rings. The molecule has 0 bridgehead atoms. The molecule has 1 aliphatic heterocycles. The van der Waals surface area contributed by atoms with Crippen molar-refractivity contribution in [3.8, 4) is 0 Å². The number of anilines is 1. The predicted octanol–water partition coefficient (Wildman–Crippen LogP) is 0.155. The van der Waals surface area contributed by atoms with E-state index in [0.717, 1.165) is 0 Å². The van der Waals surface area contributed by atoms with E-state index in [1.807, 2.05) is 0 Å². The number of ether oxygens (including phenoxy) is 1. The standard InChI is InChI=1S/C15H24N5O7P/c1-4-15(2,27-28(23,24)25)5-8-10(21)11(22)14(26-8)20-7-19-9-12(16-3)17-6-18-13(9)20/h6-8,10-11,14,21-22H,4-5H2,1-3H3,(H,16,17,18)(H2,23,24,25)/t8-,10-,11-,14-,15?/m1/s1. The smallest absolute Gasteiger partial charge is 0.388 e. The van der Waals surface area contributed by atoms with Crippen molar-refractivity contribution in [2.75, 3.05) is 12.4 Å². The average Bonchev–Trinajstić information content (AvgIpc) is 3.16. The lowest BCUT2D eigenvalue weighted by atomic mass is 9.93. The van der Waals surface area contributed by atoms with Gasteiger partial charge in [0.05, 0.1) is 18.0 Å². The van der Waals surface area contributed by atoms with Crippen molar-refractivity contribution in [2.45, 2.75) is 56.8 Å². The Bertz CT molecular complexity index is 889. The minimum atomic E-state index is -4.74. The third-order valence-electron chi connectivity index (χ3n) is 4.93. The molecular formula is C15H24N5O7P. The minimum absolute atomic E-state index is 0.0350. The largest absolute Gasteiger partial charge is 0.470 e. The summed E-state index contributed by atoms with van der Waals surface area (Å²) in [6.07, 6.45) is -1.51. The van der Waals surface area contributed by atoms with E-state index in [1.165, 1.54) is 24.1 Å². The second kappa shape index (κ2) is 7.64. The third kappa shape index (κ3) is 4.03. The van der Waals surface area contributed by atoms with Gasteiger partial charge in [0.2, 0.25) is 0 Å². The Balaban J connectivity index is 1.86. The molecule has 5 atom stereocenters. The van der Waals surface area contributed by atoms with E-state index in [2.05, 4.69) is 20.3 Å². The summed E-state index contributed by atoms with van der Waals surface area (Å²) in [5, 5.41) is 23.9. The van der Waals surface area contributed by atoms with Crippen LogP contribution in [0.2, 0.25) is 0 Å². The molecule has 156 valence electrons. The lowest BCUT2D eigenvalue weighted by Crippen LogP contribution is -2.38. The van der Waals surface area contributed by atoms with Gasteiger partial charge in [-0.25, -0.2) is 19.5 Å². The van der Waals surface area contributed by atoms with Crippen molar-refractivity contribution in [3.63, 3.8) is 0 Å². The lowest BCUT2D eigenvalue weighted by molar-refractivity contribution is -0.0683. The fourth-order valence-corrected chi connectivity index (χ4v) is 4.09. The third-order valence-corrected chi connectivity index (χ3v) is 5.61. The highest BCUT2D eigenvalue weighted by molar-refractivity contribution is 7.46. The maximum absolute atomic E-state index is 11.3. The number of aliphatic hydroxyl groups excluding tert-OH is 2. The fourth-order valence-electron chi connectivity index (χ4n) is 3.31. The molecule has 1 aliphatic rings. The quantitative estimate of drug-likeness (QED) is 0.388. The number of rotatable bonds is 7. The summed E-state index contributed by atoms with van der Waals surface area (Å²) in [7, 11) is -3.05. The Labute approximate surface area is 160 Å². The molecule has 0 aliphatic carbocycles. The van der Waals surface area contributed by atoms with Gasteiger partial charge >= 0.3 is 7.82 Å². The van der Waals surface area contributed by atoms with Crippen molar-refractivity contribution >= 4 is 24.8 Å². The van der Waals surface area contributed by atoms with Gasteiger partial charge in [0.15, 0.2) is 17.7 Å². The summed E-state index contributed by atoms with van der Waals surface area (Å²) in [5.74, 6) is 0.502. The second-order valence-corrected chi connectivity index (χ2v) is 8.10. The molecule has 0 amide bonds. The summed E-state index contributed by atoms with van der Waals surface area (Å²) < 4.78 is 23.5. The Morgan fingerprint density at radius 1 is 1.32 bits per heavy atom. The first-order chi connectivity index (χ1) is 13.1. The van der Waals surface area contributed by atoms with Crippen molar-refractivity contribution in [2.24, 2.45) is 0 Å². The number of nitrogens with one attached hydrogen (secondary N) is 1. The number of imidazole rings is 1. The second-order valence-electron chi connectivity index (χ2n) is 6.93. The highest BCUT2D eigenvalue weighted by Gasteiger charge is 2.47. The van der Waals surface area contributed by atoms with Gasteiger partial charge in [-0.2, -0.15) is 0 Å². The van der Waals surface area contributed by atoms with Crippen LogP contribution in [0.25, 0.3) is 11.2 Å². The van der Waals surface area contributed by atoms with Crippen molar-refractivity contribution in [3.05, 3.63) is 12.7 Å². The lowest BCUT2D eigenvalue weighted by Gasteiger charge is -2.31. The van der Waals surface area contributed by atoms with Gasteiger partial charge in [-0.15, -0.1) is 0 Å². The minimum Gasteiger partial charge on any atom is -0.388 e. The normalized spacial score (nSPS) is 27.8. The zero-order valence-corrected chi connectivity index (χ0v) is 16.5. The molecule has 3 heterocycles. The highest BCUT2D eigenvalue weighted by atomic mass is 31.2. The van der Waals surface area contributed by atoms with Crippen LogP contribution in [0.4, 0.5) is 5.82 Å². The summed E-state index contributed by atoms with van der Waals surface area (Å²) in [5.41, 5.74) is -0.374. The van der Waals surface area contributed by atoms with Crippen LogP contribution in [0.15, 0.2) is 12.7 Å². The molecule has 2 aromatic heterocycles. The SMILES string of the molecule is CCC(C)(C[C@H]1O[C@@H](n2cnc3c(NC)ncnc32)[C@H](O)[C@@H]1O)OP(=O)(O)O. The van der Waals surface area contributed by atoms with Gasteiger partial charge in [0.25, 0.3) is 0 Å². The van der Waals surface area contributed by atoms with Crippen molar-refractivity contribution < 1.29 is 33.8 Å². The number of hydrogen-bond donors (Lipinski definition) is 5. The van der Waals surface area contributed by atoms with Crippen LogP contribution in [0.3, 0.4) is 0 Å². The van der Waals surface area contributed by atoms with Crippen LogP contribution in [-0.2, 0) is 13.8 Å². The Kier molecular flexibility index (Phi) is 5.74.